The normalized spacial score (nSPS) is 29.4. The minimum atomic E-state index is 0.352. The minimum absolute atomic E-state index is 0.352. The van der Waals surface area contributed by atoms with E-state index >= 15 is 0 Å². The van der Waals surface area contributed by atoms with Gasteiger partial charge in [0.05, 0.1) is 11.1 Å². The molecule has 0 aromatic heterocycles. The fourth-order valence-corrected chi connectivity index (χ4v) is 8.21. The fraction of sp³-hybridized carbons (Fsp3) is 0.588. The summed E-state index contributed by atoms with van der Waals surface area (Å²) in [7, 11) is 0. The highest BCUT2D eigenvalue weighted by Crippen LogP contribution is 2.59. The first-order valence-electron chi connectivity index (χ1n) is 14.6. The van der Waals surface area contributed by atoms with E-state index in [0.29, 0.717) is 27.9 Å². The van der Waals surface area contributed by atoms with Gasteiger partial charge in [-0.1, -0.05) is 69.5 Å². The number of nitriles is 2. The van der Waals surface area contributed by atoms with E-state index in [2.05, 4.69) is 62.4 Å². The number of fused-ring (bicyclic) bond motifs is 3. The molecule has 4 aliphatic rings. The van der Waals surface area contributed by atoms with E-state index < -0.39 is 0 Å². The molecule has 188 valence electrons. The van der Waals surface area contributed by atoms with Gasteiger partial charge in [0, 0.05) is 5.56 Å². The van der Waals surface area contributed by atoms with E-state index in [1.807, 2.05) is 0 Å². The zero-order valence-electron chi connectivity index (χ0n) is 22.4. The summed E-state index contributed by atoms with van der Waals surface area (Å²) in [5.74, 6) is 1.24. The summed E-state index contributed by atoms with van der Waals surface area (Å²) in [6, 6.07) is 18.2. The molecule has 6 rings (SSSR count). The first kappa shape index (κ1) is 25.1. The molecule has 0 aliphatic heterocycles. The predicted octanol–water partition coefficient (Wildman–Crippen LogP) is 9.56. The molecule has 0 amide bonds. The number of benzene rings is 2. The van der Waals surface area contributed by atoms with Crippen LogP contribution in [0.4, 0.5) is 0 Å². The molecule has 2 bridgehead atoms. The second-order valence-corrected chi connectivity index (χ2v) is 12.3. The average molecular weight is 479 g/mol. The van der Waals surface area contributed by atoms with Gasteiger partial charge < -0.3 is 0 Å². The van der Waals surface area contributed by atoms with Crippen LogP contribution < -0.4 is 0 Å². The monoisotopic (exact) mass is 478 g/mol. The molecule has 36 heavy (non-hydrogen) atoms. The van der Waals surface area contributed by atoms with Crippen molar-refractivity contribution in [3.63, 3.8) is 0 Å². The quantitative estimate of drug-likeness (QED) is 0.398. The molecule has 4 fully saturated rings. The molecule has 0 heterocycles. The second kappa shape index (κ2) is 10.4. The van der Waals surface area contributed by atoms with Gasteiger partial charge in [0.25, 0.3) is 0 Å². The highest BCUT2D eigenvalue weighted by Gasteiger charge is 2.48. The van der Waals surface area contributed by atoms with Crippen LogP contribution in [0.5, 0.6) is 0 Å². The molecule has 4 aliphatic carbocycles. The van der Waals surface area contributed by atoms with E-state index in [1.165, 1.54) is 82.6 Å². The molecule has 2 heteroatoms. The molecule has 0 unspecified atom stereocenters. The Morgan fingerprint density at radius 2 is 1.39 bits per heavy atom. The predicted molar refractivity (Wildman–Crippen MR) is 148 cm³/mol. The summed E-state index contributed by atoms with van der Waals surface area (Å²) in [4.78, 5) is 0. The molecule has 0 radical (unpaired) electrons. The number of hydrogen-bond acceptors (Lipinski definition) is 2. The van der Waals surface area contributed by atoms with Crippen LogP contribution in [0, 0.1) is 34.0 Å². The molecule has 0 spiro atoms. The lowest BCUT2D eigenvalue weighted by Gasteiger charge is -2.54. The van der Waals surface area contributed by atoms with E-state index in [9.17, 15) is 10.5 Å². The molecule has 0 N–H and O–H groups in total. The molecule has 2 aromatic carbocycles. The van der Waals surface area contributed by atoms with Crippen molar-refractivity contribution >= 4 is 0 Å². The summed E-state index contributed by atoms with van der Waals surface area (Å²) >= 11 is 0. The Morgan fingerprint density at radius 3 is 1.94 bits per heavy atom. The molecular formula is C34H42N2. The summed E-state index contributed by atoms with van der Waals surface area (Å²) in [6.07, 6.45) is 18.2. The van der Waals surface area contributed by atoms with Gasteiger partial charge in [-0.3, -0.25) is 0 Å². The molecular weight excluding hydrogens is 436 g/mol. The maximum absolute atomic E-state index is 10.1. The molecule has 2 aromatic rings. The van der Waals surface area contributed by atoms with E-state index in [-0.39, 0.29) is 0 Å². The SMILES string of the molecule is CCCC12CCC(c3ccc(-c4ccc([C@H]5CC[C@H](CCC)CC5)c(C#N)c4C#N)cc3)(CC1)CC2. The van der Waals surface area contributed by atoms with Gasteiger partial charge in [0.1, 0.15) is 12.1 Å². The van der Waals surface area contributed by atoms with Crippen molar-refractivity contribution in [3.05, 3.63) is 58.7 Å². The van der Waals surface area contributed by atoms with Gasteiger partial charge in [0.2, 0.25) is 0 Å². The van der Waals surface area contributed by atoms with Gasteiger partial charge in [-0.25, -0.2) is 0 Å². The molecule has 2 nitrogen and oxygen atoms in total. The first-order chi connectivity index (χ1) is 17.6. The lowest BCUT2D eigenvalue weighted by molar-refractivity contribution is 0.0320. The fourth-order valence-electron chi connectivity index (χ4n) is 8.21. The lowest BCUT2D eigenvalue weighted by Crippen LogP contribution is -2.44. The van der Waals surface area contributed by atoms with Crippen LogP contribution in [0.2, 0.25) is 0 Å². The Balaban J connectivity index is 1.38. The van der Waals surface area contributed by atoms with Gasteiger partial charge in [-0.05, 0) is 110 Å². The zero-order valence-corrected chi connectivity index (χ0v) is 22.4. The lowest BCUT2D eigenvalue weighted by atomic mass is 9.51. The van der Waals surface area contributed by atoms with Crippen LogP contribution in [0.1, 0.15) is 132 Å². The third-order valence-corrected chi connectivity index (χ3v) is 10.4. The van der Waals surface area contributed by atoms with Gasteiger partial charge in [0.15, 0.2) is 0 Å². The minimum Gasteiger partial charge on any atom is -0.192 e. The second-order valence-electron chi connectivity index (χ2n) is 12.3. The van der Waals surface area contributed by atoms with Crippen molar-refractivity contribution in [1.29, 1.82) is 10.5 Å². The van der Waals surface area contributed by atoms with E-state index in [1.54, 1.807) is 0 Å². The number of rotatable bonds is 7. The van der Waals surface area contributed by atoms with Crippen molar-refractivity contribution in [1.82, 2.24) is 0 Å². The highest BCUT2D eigenvalue weighted by atomic mass is 14.5. The third kappa shape index (κ3) is 4.50. The summed E-state index contributed by atoms with van der Waals surface area (Å²) < 4.78 is 0. The zero-order chi connectivity index (χ0) is 25.2. The molecule has 0 saturated heterocycles. The Bertz CT molecular complexity index is 1130. The Labute approximate surface area is 218 Å². The van der Waals surface area contributed by atoms with Crippen molar-refractivity contribution in [2.45, 2.75) is 115 Å². The molecule has 4 saturated carbocycles. The standard InChI is InChI=1S/C34H42N2/c1-3-5-25-6-8-26(9-7-25)29-14-15-30(32(24-36)31(29)23-35)27-10-12-28(13-11-27)34-20-17-33(16-4-2,18-21-34)19-22-34/h10-15,25-26H,3-9,16-22H2,1-2H3/t25-,26-,33?,34?. The van der Waals surface area contributed by atoms with Crippen LogP contribution >= 0.6 is 0 Å². The van der Waals surface area contributed by atoms with Gasteiger partial charge in [-0.15, -0.1) is 0 Å². The average Bonchev–Trinajstić information content (AvgIpc) is 2.94. The summed E-state index contributed by atoms with van der Waals surface area (Å²) in [5, 5.41) is 20.2. The van der Waals surface area contributed by atoms with E-state index in [4.69, 9.17) is 0 Å². The topological polar surface area (TPSA) is 47.6 Å². The maximum atomic E-state index is 10.1. The maximum Gasteiger partial charge on any atom is 0.101 e. The van der Waals surface area contributed by atoms with Crippen LogP contribution in [-0.2, 0) is 5.41 Å². The van der Waals surface area contributed by atoms with Crippen LogP contribution in [0.25, 0.3) is 11.1 Å². The molecule has 0 atom stereocenters. The smallest absolute Gasteiger partial charge is 0.101 e. The van der Waals surface area contributed by atoms with Crippen LogP contribution in [0.15, 0.2) is 36.4 Å². The summed E-state index contributed by atoms with van der Waals surface area (Å²) in [5.41, 5.74) is 6.72. The Hall–Kier alpha value is -2.58. The Kier molecular flexibility index (Phi) is 7.26. The first-order valence-corrected chi connectivity index (χ1v) is 14.6. The van der Waals surface area contributed by atoms with E-state index in [0.717, 1.165) is 35.4 Å². The van der Waals surface area contributed by atoms with Crippen LogP contribution in [-0.4, -0.2) is 0 Å². The third-order valence-electron chi connectivity index (χ3n) is 10.4. The summed E-state index contributed by atoms with van der Waals surface area (Å²) in [6.45, 7) is 4.61. The van der Waals surface area contributed by atoms with Crippen molar-refractivity contribution in [2.75, 3.05) is 0 Å². The van der Waals surface area contributed by atoms with Crippen molar-refractivity contribution < 1.29 is 0 Å². The largest absolute Gasteiger partial charge is 0.192 e. The Morgan fingerprint density at radius 1 is 0.750 bits per heavy atom. The number of nitrogens with zero attached hydrogens (tertiary/aromatic N) is 2. The van der Waals surface area contributed by atoms with Crippen molar-refractivity contribution in [2.24, 2.45) is 11.3 Å². The highest BCUT2D eigenvalue weighted by molar-refractivity contribution is 5.75. The van der Waals surface area contributed by atoms with Crippen molar-refractivity contribution in [3.8, 4) is 23.3 Å². The number of hydrogen-bond donors (Lipinski definition) is 0. The van der Waals surface area contributed by atoms with Crippen LogP contribution in [0.3, 0.4) is 0 Å². The van der Waals surface area contributed by atoms with Gasteiger partial charge >= 0.3 is 0 Å². The van der Waals surface area contributed by atoms with Gasteiger partial charge in [-0.2, -0.15) is 10.5 Å².